The second-order valence-corrected chi connectivity index (χ2v) is 8.77. The lowest BCUT2D eigenvalue weighted by molar-refractivity contribution is -0.129. The number of piperidine rings is 1. The van der Waals surface area contributed by atoms with E-state index < -0.39 is 5.54 Å². The minimum atomic E-state index is -0.857. The summed E-state index contributed by atoms with van der Waals surface area (Å²) in [5, 5.41) is 2.48. The molecule has 2 aliphatic rings. The first kappa shape index (κ1) is 21.0. The minimum Gasteiger partial charge on any atom is -0.338 e. The summed E-state index contributed by atoms with van der Waals surface area (Å²) >= 11 is 0. The SMILES string of the molecule is Cc1nccc(-c2ccccc2)c1C(=O)N1CCC2(CC1)C(=O)NC(=O)N2CC(C)C. The summed E-state index contributed by atoms with van der Waals surface area (Å²) in [5.41, 5.74) is 2.24. The van der Waals surface area contributed by atoms with E-state index in [0.29, 0.717) is 43.7 Å². The zero-order valence-corrected chi connectivity index (χ0v) is 18.2. The highest BCUT2D eigenvalue weighted by molar-refractivity contribution is 6.07. The maximum atomic E-state index is 13.5. The van der Waals surface area contributed by atoms with E-state index in [-0.39, 0.29) is 23.8 Å². The van der Waals surface area contributed by atoms with Gasteiger partial charge in [-0.25, -0.2) is 4.79 Å². The fourth-order valence-corrected chi connectivity index (χ4v) is 4.65. The van der Waals surface area contributed by atoms with E-state index in [1.807, 2.05) is 57.2 Å². The predicted molar refractivity (Wildman–Crippen MR) is 117 cm³/mol. The zero-order valence-electron chi connectivity index (χ0n) is 18.2. The van der Waals surface area contributed by atoms with Crippen molar-refractivity contribution in [3.63, 3.8) is 0 Å². The fraction of sp³-hybridized carbons (Fsp3) is 0.417. The van der Waals surface area contributed by atoms with Gasteiger partial charge in [-0.05, 0) is 42.9 Å². The van der Waals surface area contributed by atoms with Crippen molar-refractivity contribution in [2.45, 2.75) is 39.2 Å². The third-order valence-corrected chi connectivity index (χ3v) is 6.27. The lowest BCUT2D eigenvalue weighted by Crippen LogP contribution is -2.58. The van der Waals surface area contributed by atoms with Crippen molar-refractivity contribution in [2.24, 2.45) is 5.92 Å². The Morgan fingerprint density at radius 2 is 1.81 bits per heavy atom. The number of benzene rings is 1. The number of hydrogen-bond acceptors (Lipinski definition) is 4. The first-order valence-electron chi connectivity index (χ1n) is 10.8. The van der Waals surface area contributed by atoms with Crippen molar-refractivity contribution in [1.29, 1.82) is 0 Å². The van der Waals surface area contributed by atoms with Crippen LogP contribution >= 0.6 is 0 Å². The summed E-state index contributed by atoms with van der Waals surface area (Å²) in [6.07, 6.45) is 2.59. The molecule has 31 heavy (non-hydrogen) atoms. The number of hydrogen-bond donors (Lipinski definition) is 1. The van der Waals surface area contributed by atoms with Gasteiger partial charge in [0.15, 0.2) is 0 Å². The molecule has 2 fully saturated rings. The van der Waals surface area contributed by atoms with Crippen molar-refractivity contribution in [1.82, 2.24) is 20.1 Å². The van der Waals surface area contributed by atoms with Gasteiger partial charge in [-0.15, -0.1) is 0 Å². The first-order valence-corrected chi connectivity index (χ1v) is 10.8. The third kappa shape index (κ3) is 3.69. The van der Waals surface area contributed by atoms with Crippen LogP contribution in [0.4, 0.5) is 4.79 Å². The van der Waals surface area contributed by atoms with Crippen molar-refractivity contribution in [2.75, 3.05) is 19.6 Å². The molecular formula is C24H28N4O3. The quantitative estimate of drug-likeness (QED) is 0.770. The second-order valence-electron chi connectivity index (χ2n) is 8.77. The van der Waals surface area contributed by atoms with Crippen LogP contribution in [0.2, 0.25) is 0 Å². The Morgan fingerprint density at radius 3 is 2.45 bits per heavy atom. The van der Waals surface area contributed by atoms with Gasteiger partial charge >= 0.3 is 6.03 Å². The van der Waals surface area contributed by atoms with Crippen molar-refractivity contribution >= 4 is 17.8 Å². The van der Waals surface area contributed by atoms with Gasteiger partial charge in [-0.3, -0.25) is 19.9 Å². The van der Waals surface area contributed by atoms with E-state index in [1.54, 1.807) is 16.0 Å². The summed E-state index contributed by atoms with van der Waals surface area (Å²) in [4.78, 5) is 46.4. The third-order valence-electron chi connectivity index (χ3n) is 6.27. The van der Waals surface area contributed by atoms with Crippen molar-refractivity contribution in [3.05, 3.63) is 53.9 Å². The van der Waals surface area contributed by atoms with Crippen LogP contribution in [0.15, 0.2) is 42.6 Å². The molecule has 0 unspecified atom stereocenters. The summed E-state index contributed by atoms with van der Waals surface area (Å²) in [7, 11) is 0. The molecule has 0 radical (unpaired) electrons. The van der Waals surface area contributed by atoms with E-state index in [0.717, 1.165) is 11.1 Å². The van der Waals surface area contributed by atoms with Gasteiger partial charge < -0.3 is 9.80 Å². The molecule has 0 atom stereocenters. The number of nitrogens with zero attached hydrogens (tertiary/aromatic N) is 3. The minimum absolute atomic E-state index is 0.0838. The van der Waals surface area contributed by atoms with Crippen LogP contribution in [0.3, 0.4) is 0 Å². The molecule has 4 rings (SSSR count). The number of aryl methyl sites for hydroxylation is 1. The van der Waals surface area contributed by atoms with Gasteiger partial charge in [-0.1, -0.05) is 44.2 Å². The molecule has 2 aliphatic heterocycles. The Hall–Kier alpha value is -3.22. The maximum Gasteiger partial charge on any atom is 0.325 e. The average Bonchev–Trinajstić information content (AvgIpc) is 2.98. The van der Waals surface area contributed by atoms with E-state index in [4.69, 9.17) is 0 Å². The van der Waals surface area contributed by atoms with Gasteiger partial charge in [0.05, 0.1) is 11.3 Å². The molecule has 1 spiro atoms. The summed E-state index contributed by atoms with van der Waals surface area (Å²) in [6, 6.07) is 11.3. The van der Waals surface area contributed by atoms with E-state index in [9.17, 15) is 14.4 Å². The Kier molecular flexibility index (Phi) is 5.52. The number of amides is 4. The normalized spacial score (nSPS) is 18.1. The number of urea groups is 1. The lowest BCUT2D eigenvalue weighted by atomic mass is 9.85. The monoisotopic (exact) mass is 420 g/mol. The molecule has 1 aromatic carbocycles. The highest BCUT2D eigenvalue weighted by atomic mass is 16.2. The van der Waals surface area contributed by atoms with Gasteiger partial charge in [0, 0.05) is 25.8 Å². The molecule has 0 bridgehead atoms. The first-order chi connectivity index (χ1) is 14.8. The van der Waals surface area contributed by atoms with Crippen molar-refractivity contribution < 1.29 is 14.4 Å². The Morgan fingerprint density at radius 1 is 1.13 bits per heavy atom. The molecule has 2 aromatic rings. The number of nitrogens with one attached hydrogen (secondary N) is 1. The number of imide groups is 1. The zero-order chi connectivity index (χ0) is 22.2. The summed E-state index contributed by atoms with van der Waals surface area (Å²) in [5.74, 6) is -0.0770. The largest absolute Gasteiger partial charge is 0.338 e. The highest BCUT2D eigenvalue weighted by Gasteiger charge is 2.54. The number of carbonyl (C=O) groups excluding carboxylic acids is 3. The predicted octanol–water partition coefficient (Wildman–Crippen LogP) is 3.24. The topological polar surface area (TPSA) is 82.6 Å². The molecule has 0 saturated carbocycles. The number of likely N-dealkylation sites (tertiary alicyclic amines) is 1. The summed E-state index contributed by atoms with van der Waals surface area (Å²) < 4.78 is 0. The van der Waals surface area contributed by atoms with Crippen LogP contribution in [0.5, 0.6) is 0 Å². The van der Waals surface area contributed by atoms with Gasteiger partial charge in [-0.2, -0.15) is 0 Å². The Bertz CT molecular complexity index is 1010. The van der Waals surface area contributed by atoms with E-state index in [2.05, 4.69) is 10.3 Å². The second kappa shape index (κ2) is 8.13. The molecule has 162 valence electrons. The Labute approximate surface area is 182 Å². The molecule has 1 N–H and O–H groups in total. The molecular weight excluding hydrogens is 392 g/mol. The number of pyridine rings is 1. The smallest absolute Gasteiger partial charge is 0.325 e. The molecule has 4 amide bonds. The van der Waals surface area contributed by atoms with Gasteiger partial charge in [0.2, 0.25) is 0 Å². The van der Waals surface area contributed by atoms with Crippen LogP contribution in [-0.4, -0.2) is 57.8 Å². The number of carbonyl (C=O) groups is 3. The maximum absolute atomic E-state index is 13.5. The van der Waals surface area contributed by atoms with Gasteiger partial charge in [0.25, 0.3) is 11.8 Å². The molecule has 0 aliphatic carbocycles. The molecule has 1 aromatic heterocycles. The van der Waals surface area contributed by atoms with Crippen LogP contribution in [-0.2, 0) is 4.79 Å². The summed E-state index contributed by atoms with van der Waals surface area (Å²) in [6.45, 7) is 7.24. The van der Waals surface area contributed by atoms with E-state index in [1.165, 1.54) is 0 Å². The average molecular weight is 421 g/mol. The fourth-order valence-electron chi connectivity index (χ4n) is 4.65. The number of aromatic nitrogens is 1. The molecule has 7 nitrogen and oxygen atoms in total. The standard InChI is InChI=1S/C24H28N4O3/c1-16(2)15-28-23(31)26-22(30)24(28)10-13-27(14-11-24)21(29)20-17(3)25-12-9-19(20)18-7-5-4-6-8-18/h4-9,12,16H,10-11,13-15H2,1-3H3,(H,26,30,31). The lowest BCUT2D eigenvalue weighted by Gasteiger charge is -2.42. The van der Waals surface area contributed by atoms with Crippen LogP contribution < -0.4 is 5.32 Å². The molecule has 3 heterocycles. The van der Waals surface area contributed by atoms with Crippen molar-refractivity contribution in [3.8, 4) is 11.1 Å². The Balaban J connectivity index is 1.59. The number of rotatable bonds is 4. The van der Waals surface area contributed by atoms with Crippen LogP contribution in [0.25, 0.3) is 11.1 Å². The molecule has 2 saturated heterocycles. The van der Waals surface area contributed by atoms with Crippen LogP contribution in [0, 0.1) is 12.8 Å². The van der Waals surface area contributed by atoms with E-state index >= 15 is 0 Å². The molecule has 7 heteroatoms. The van der Waals surface area contributed by atoms with Crippen LogP contribution in [0.1, 0.15) is 42.7 Å². The van der Waals surface area contributed by atoms with Gasteiger partial charge in [0.1, 0.15) is 5.54 Å². The highest BCUT2D eigenvalue weighted by Crippen LogP contribution is 2.35.